The summed E-state index contributed by atoms with van der Waals surface area (Å²) in [6, 6.07) is 19.7. The van der Waals surface area contributed by atoms with Crippen molar-refractivity contribution in [1.29, 1.82) is 0 Å². The predicted molar refractivity (Wildman–Crippen MR) is 146 cm³/mol. The predicted octanol–water partition coefficient (Wildman–Crippen LogP) is 8.67. The molecule has 6 unspecified atom stereocenters. The maximum absolute atomic E-state index is 3.72. The molecule has 35 heavy (non-hydrogen) atoms. The Morgan fingerprint density at radius 2 is 0.943 bits per heavy atom. The quantitative estimate of drug-likeness (QED) is 0.344. The smallest absolute Gasteiger partial charge is 0.318 e. The molecule has 2 fully saturated rings. The van der Waals surface area contributed by atoms with E-state index in [0.29, 0.717) is 0 Å². The van der Waals surface area contributed by atoms with E-state index < -0.39 is 0 Å². The van der Waals surface area contributed by atoms with Crippen LogP contribution < -0.4 is 0 Å². The van der Waals surface area contributed by atoms with Gasteiger partial charge in [0.1, 0.15) is 0 Å². The Labute approximate surface area is 233 Å². The molecule has 0 radical (unpaired) electrons. The second-order valence-corrected chi connectivity index (χ2v) is 9.95. The number of hydrogen-bond acceptors (Lipinski definition) is 0. The summed E-state index contributed by atoms with van der Waals surface area (Å²) in [5.74, 6) is 4.74. The maximum atomic E-state index is 3.72. The van der Waals surface area contributed by atoms with Gasteiger partial charge in [-0.15, -0.1) is 48.3 Å². The van der Waals surface area contributed by atoms with E-state index in [4.69, 9.17) is 0 Å². The Hall–Kier alpha value is -1.98. The fraction of sp³-hybridized carbons (Fsp3) is 0.294. The minimum Gasteiger partial charge on any atom is -0.318 e. The molecule has 0 spiro atoms. The standard InChI is InChI=1S/C20H24.2C7H7.Zr/c1-2-6-18-12-15(11-17(18)5-1)9-10-16-13-19-7-3-4-8-20(19)14-16;2*1-7-5-3-2-4-6-7;/h1-8,11,13,15-20H,9-10,12,14H2;2*2-6H,1H2;/q-2;2*-1;+4. The van der Waals surface area contributed by atoms with Crippen LogP contribution in [0.2, 0.25) is 0 Å². The molecule has 0 heterocycles. The third kappa shape index (κ3) is 8.88. The molecule has 1 heteroatoms. The van der Waals surface area contributed by atoms with Crippen molar-refractivity contribution >= 4 is 0 Å². The van der Waals surface area contributed by atoms with Gasteiger partial charge in [-0.1, -0.05) is 74.3 Å². The minimum atomic E-state index is 0. The van der Waals surface area contributed by atoms with Crippen molar-refractivity contribution in [3.05, 3.63) is 147 Å². The first-order chi connectivity index (χ1) is 16.7. The van der Waals surface area contributed by atoms with Crippen LogP contribution in [0.4, 0.5) is 0 Å². The van der Waals surface area contributed by atoms with E-state index >= 15 is 0 Å². The van der Waals surface area contributed by atoms with Crippen molar-refractivity contribution in [2.75, 3.05) is 0 Å². The van der Waals surface area contributed by atoms with Crippen LogP contribution >= 0.6 is 0 Å². The number of benzene rings is 2. The molecule has 0 nitrogen and oxygen atoms in total. The summed E-state index contributed by atoms with van der Waals surface area (Å²) in [6.07, 6.45) is 29.3. The van der Waals surface area contributed by atoms with Gasteiger partial charge in [0.25, 0.3) is 0 Å². The van der Waals surface area contributed by atoms with E-state index in [2.05, 4.69) is 75.3 Å². The molecule has 0 aliphatic heterocycles. The summed E-state index contributed by atoms with van der Waals surface area (Å²) in [5, 5.41) is 0. The van der Waals surface area contributed by atoms with Crippen molar-refractivity contribution in [1.82, 2.24) is 0 Å². The molecule has 178 valence electrons. The molecule has 4 aliphatic rings. The fourth-order valence-electron chi connectivity index (χ4n) is 5.52. The number of rotatable bonds is 3. The van der Waals surface area contributed by atoms with Crippen LogP contribution in [0.15, 0.2) is 109 Å². The Morgan fingerprint density at radius 1 is 0.571 bits per heavy atom. The van der Waals surface area contributed by atoms with E-state index in [-0.39, 0.29) is 26.2 Å². The number of allylic oxidation sites excluding steroid dienone is 8. The third-order valence-electron chi connectivity index (χ3n) is 7.33. The molecule has 0 N–H and O–H groups in total. The summed E-state index contributed by atoms with van der Waals surface area (Å²) in [7, 11) is 0. The number of hydrogen-bond donors (Lipinski definition) is 0. The van der Waals surface area contributed by atoms with Gasteiger partial charge < -0.3 is 12.8 Å². The van der Waals surface area contributed by atoms with Gasteiger partial charge in [0, 0.05) is 0 Å². The molecule has 0 amide bonds. The zero-order valence-corrected chi connectivity index (χ0v) is 23.2. The van der Waals surface area contributed by atoms with Crippen LogP contribution in [-0.4, -0.2) is 0 Å². The molecule has 0 aromatic heterocycles. The Bertz CT molecular complexity index is 847. The van der Waals surface area contributed by atoms with Crippen molar-refractivity contribution in [2.24, 2.45) is 35.5 Å². The molecule has 2 aromatic rings. The first-order valence-corrected chi connectivity index (χ1v) is 12.8. The van der Waals surface area contributed by atoms with Crippen molar-refractivity contribution in [2.45, 2.75) is 25.7 Å². The van der Waals surface area contributed by atoms with E-state index in [0.717, 1.165) is 46.6 Å². The molecule has 2 saturated carbocycles. The van der Waals surface area contributed by atoms with Gasteiger partial charge in [0.05, 0.1) is 0 Å². The zero-order valence-electron chi connectivity index (χ0n) is 20.8. The Balaban J connectivity index is 0.000000188. The van der Waals surface area contributed by atoms with Crippen molar-refractivity contribution in [3.63, 3.8) is 0 Å². The molecule has 4 aliphatic carbocycles. The van der Waals surface area contributed by atoms with Gasteiger partial charge in [0.15, 0.2) is 0 Å². The summed E-state index contributed by atoms with van der Waals surface area (Å²) in [5.41, 5.74) is 2.14. The van der Waals surface area contributed by atoms with Gasteiger partial charge in [-0.25, -0.2) is 0 Å². The molecule has 2 aromatic carbocycles. The molecular formula is C34H38Zr. The van der Waals surface area contributed by atoms with Crippen molar-refractivity contribution in [3.8, 4) is 0 Å². The van der Waals surface area contributed by atoms with Gasteiger partial charge in [-0.3, -0.25) is 0 Å². The average Bonchev–Trinajstić information content (AvgIpc) is 3.48. The average molecular weight is 538 g/mol. The Morgan fingerprint density at radius 3 is 1.26 bits per heavy atom. The summed E-state index contributed by atoms with van der Waals surface area (Å²) >= 11 is 0. The molecule has 6 atom stereocenters. The monoisotopic (exact) mass is 536 g/mol. The normalized spacial score (nSPS) is 29.0. The molecular weight excluding hydrogens is 500 g/mol. The maximum Gasteiger partial charge on any atom is 4.00 e. The molecule has 0 bridgehead atoms. The second-order valence-electron chi connectivity index (χ2n) is 9.95. The van der Waals surface area contributed by atoms with Crippen LogP contribution in [0, 0.1) is 62.2 Å². The SMILES string of the molecule is C1=CC2[CH-]C(CCC3[CH-]C4C=CC=CC4C3)CC2C=C1.[CH2-]c1ccccc1.[CH2-]c1ccccc1.[Zr+4]. The first kappa shape index (κ1) is 27.6. The van der Waals surface area contributed by atoms with E-state index in [1.165, 1.54) is 25.7 Å². The molecule has 6 rings (SSSR count). The van der Waals surface area contributed by atoms with Crippen LogP contribution in [0.1, 0.15) is 36.8 Å². The van der Waals surface area contributed by atoms with Gasteiger partial charge in [-0.05, 0) is 11.8 Å². The Kier molecular flexibility index (Phi) is 11.5. The van der Waals surface area contributed by atoms with Crippen molar-refractivity contribution < 1.29 is 26.2 Å². The topological polar surface area (TPSA) is 0 Å². The third-order valence-corrected chi connectivity index (χ3v) is 7.33. The van der Waals surface area contributed by atoms with Gasteiger partial charge >= 0.3 is 26.2 Å². The van der Waals surface area contributed by atoms with Gasteiger partial charge in [-0.2, -0.15) is 61.1 Å². The summed E-state index contributed by atoms with van der Waals surface area (Å²) in [4.78, 5) is 0. The minimum absolute atomic E-state index is 0. The zero-order chi connectivity index (χ0) is 23.6. The van der Waals surface area contributed by atoms with Crippen LogP contribution in [0.25, 0.3) is 0 Å². The first-order valence-electron chi connectivity index (χ1n) is 12.8. The number of fused-ring (bicyclic) bond motifs is 2. The second kappa shape index (κ2) is 14.6. The van der Waals surface area contributed by atoms with Gasteiger partial charge in [0.2, 0.25) is 0 Å². The van der Waals surface area contributed by atoms with Crippen LogP contribution in [-0.2, 0) is 26.2 Å². The fourth-order valence-corrected chi connectivity index (χ4v) is 5.52. The summed E-state index contributed by atoms with van der Waals surface area (Å²) in [6.45, 7) is 7.44. The largest absolute Gasteiger partial charge is 4.00 e. The van der Waals surface area contributed by atoms with E-state index in [9.17, 15) is 0 Å². The summed E-state index contributed by atoms with van der Waals surface area (Å²) < 4.78 is 0. The van der Waals surface area contributed by atoms with E-state index in [1.54, 1.807) is 0 Å². The van der Waals surface area contributed by atoms with Crippen LogP contribution in [0.5, 0.6) is 0 Å². The van der Waals surface area contributed by atoms with Crippen LogP contribution in [0.3, 0.4) is 0 Å². The van der Waals surface area contributed by atoms with E-state index in [1.807, 2.05) is 60.7 Å². The molecule has 0 saturated heterocycles.